The lowest BCUT2D eigenvalue weighted by Crippen LogP contribution is -2.37. The van der Waals surface area contributed by atoms with E-state index in [2.05, 4.69) is 15.6 Å². The Hall–Kier alpha value is -2.87. The van der Waals surface area contributed by atoms with Crippen molar-refractivity contribution in [1.29, 1.82) is 0 Å². The van der Waals surface area contributed by atoms with Crippen LogP contribution >= 0.6 is 0 Å². The molecule has 170 valence electrons. The molecule has 1 saturated carbocycles. The van der Waals surface area contributed by atoms with Crippen LogP contribution in [0.15, 0.2) is 48.5 Å². The molecule has 4 rings (SSSR count). The third kappa shape index (κ3) is 5.30. The van der Waals surface area contributed by atoms with Crippen molar-refractivity contribution in [3.63, 3.8) is 0 Å². The van der Waals surface area contributed by atoms with E-state index in [0.717, 1.165) is 48.5 Å². The van der Waals surface area contributed by atoms with Gasteiger partial charge in [-0.3, -0.25) is 0 Å². The fourth-order valence-electron chi connectivity index (χ4n) is 4.21. The Morgan fingerprint density at radius 2 is 1.66 bits per heavy atom. The van der Waals surface area contributed by atoms with Crippen molar-refractivity contribution in [2.24, 2.45) is 0 Å². The summed E-state index contributed by atoms with van der Waals surface area (Å²) >= 11 is 0. The van der Waals surface area contributed by atoms with E-state index in [1.54, 1.807) is 6.07 Å². The topological polar surface area (TPSA) is 53.1 Å². The standard InChI is InChI=1S/C24H28F3N5/c1-32(2)22-20-8-3-4-9-21(20)30-23(31-22)29-19-12-10-18(11-13-19)28-15-16-6-5-7-17(14-16)24(25,26)27/h3-9,14,18-19,28H,10-13,15H2,1-2H3,(H,29,30,31). The molecule has 0 amide bonds. The van der Waals surface area contributed by atoms with Crippen molar-refractivity contribution >= 4 is 22.7 Å². The summed E-state index contributed by atoms with van der Waals surface area (Å²) in [6.07, 6.45) is -0.506. The maximum absolute atomic E-state index is 12.9. The lowest BCUT2D eigenvalue weighted by atomic mass is 9.91. The Kier molecular flexibility index (Phi) is 6.50. The van der Waals surface area contributed by atoms with Gasteiger partial charge in [0.05, 0.1) is 11.1 Å². The predicted octanol–water partition coefficient (Wildman–Crippen LogP) is 5.23. The van der Waals surface area contributed by atoms with E-state index in [1.165, 1.54) is 12.1 Å². The van der Waals surface area contributed by atoms with Gasteiger partial charge in [-0.15, -0.1) is 0 Å². The molecule has 1 aromatic heterocycles. The third-order valence-electron chi connectivity index (χ3n) is 5.92. The number of benzene rings is 2. The second-order valence-corrected chi connectivity index (χ2v) is 8.55. The Bertz CT molecular complexity index is 1060. The number of fused-ring (bicyclic) bond motifs is 1. The monoisotopic (exact) mass is 443 g/mol. The first-order valence-corrected chi connectivity index (χ1v) is 10.9. The minimum Gasteiger partial charge on any atom is -0.362 e. The van der Waals surface area contributed by atoms with Crippen molar-refractivity contribution in [2.45, 2.75) is 50.5 Å². The summed E-state index contributed by atoms with van der Waals surface area (Å²) in [5, 5.41) is 7.92. The average Bonchev–Trinajstić information content (AvgIpc) is 2.77. The van der Waals surface area contributed by atoms with Crippen LogP contribution in [0.3, 0.4) is 0 Å². The molecule has 1 fully saturated rings. The average molecular weight is 444 g/mol. The van der Waals surface area contributed by atoms with E-state index >= 15 is 0 Å². The van der Waals surface area contributed by atoms with Gasteiger partial charge in [-0.05, 0) is 49.4 Å². The van der Waals surface area contributed by atoms with Crippen molar-refractivity contribution < 1.29 is 13.2 Å². The van der Waals surface area contributed by atoms with Gasteiger partial charge in [0, 0.05) is 38.1 Å². The van der Waals surface area contributed by atoms with E-state index in [-0.39, 0.29) is 12.1 Å². The zero-order valence-corrected chi connectivity index (χ0v) is 18.3. The number of nitrogens with one attached hydrogen (secondary N) is 2. The molecule has 2 aromatic carbocycles. The molecule has 2 N–H and O–H groups in total. The van der Waals surface area contributed by atoms with Crippen molar-refractivity contribution in [3.8, 4) is 0 Å². The number of halogens is 3. The molecule has 1 aliphatic carbocycles. The van der Waals surface area contributed by atoms with Crippen LogP contribution in [-0.4, -0.2) is 36.1 Å². The highest BCUT2D eigenvalue weighted by Crippen LogP contribution is 2.30. The van der Waals surface area contributed by atoms with Crippen LogP contribution < -0.4 is 15.5 Å². The van der Waals surface area contributed by atoms with Crippen molar-refractivity contribution in [1.82, 2.24) is 15.3 Å². The van der Waals surface area contributed by atoms with Crippen LogP contribution in [0.2, 0.25) is 0 Å². The molecule has 5 nitrogen and oxygen atoms in total. The summed E-state index contributed by atoms with van der Waals surface area (Å²) in [7, 11) is 3.94. The highest BCUT2D eigenvalue weighted by molar-refractivity contribution is 5.90. The summed E-state index contributed by atoms with van der Waals surface area (Å²) < 4.78 is 38.7. The molecule has 0 saturated heterocycles. The largest absolute Gasteiger partial charge is 0.416 e. The second-order valence-electron chi connectivity index (χ2n) is 8.55. The Labute approximate surface area is 186 Å². The van der Waals surface area contributed by atoms with Gasteiger partial charge in [0.2, 0.25) is 5.95 Å². The zero-order chi connectivity index (χ0) is 22.7. The molecule has 8 heteroatoms. The van der Waals surface area contributed by atoms with Gasteiger partial charge in [-0.25, -0.2) is 4.98 Å². The molecule has 1 aliphatic rings. The number of para-hydroxylation sites is 1. The minimum atomic E-state index is -4.31. The van der Waals surface area contributed by atoms with Crippen molar-refractivity contribution in [2.75, 3.05) is 24.3 Å². The van der Waals surface area contributed by atoms with E-state index in [1.807, 2.05) is 43.3 Å². The third-order valence-corrected chi connectivity index (χ3v) is 5.92. The van der Waals surface area contributed by atoms with Crippen molar-refractivity contribution in [3.05, 3.63) is 59.7 Å². The molecule has 32 heavy (non-hydrogen) atoms. The van der Waals surface area contributed by atoms with Gasteiger partial charge in [0.25, 0.3) is 0 Å². The number of hydrogen-bond acceptors (Lipinski definition) is 5. The first-order chi connectivity index (χ1) is 15.3. The second kappa shape index (κ2) is 9.32. The van der Waals surface area contributed by atoms with Gasteiger partial charge >= 0.3 is 6.18 Å². The smallest absolute Gasteiger partial charge is 0.362 e. The maximum atomic E-state index is 12.9. The molecule has 0 spiro atoms. The fourth-order valence-corrected chi connectivity index (χ4v) is 4.21. The summed E-state index contributed by atoms with van der Waals surface area (Å²) in [6, 6.07) is 14.1. The fraction of sp³-hybridized carbons (Fsp3) is 0.417. The van der Waals surface area contributed by atoms with Crippen LogP contribution in [0.5, 0.6) is 0 Å². The summed E-state index contributed by atoms with van der Waals surface area (Å²) in [5.41, 5.74) is 0.961. The first kappa shape index (κ1) is 22.3. The van der Waals surface area contributed by atoms with Gasteiger partial charge < -0.3 is 15.5 Å². The molecule has 0 bridgehead atoms. The summed E-state index contributed by atoms with van der Waals surface area (Å²) in [6.45, 7) is 0.437. The maximum Gasteiger partial charge on any atom is 0.416 e. The Morgan fingerprint density at radius 1 is 0.938 bits per heavy atom. The summed E-state index contributed by atoms with van der Waals surface area (Å²) in [5.74, 6) is 1.52. The molecular formula is C24H28F3N5. The van der Waals surface area contributed by atoms with Crippen LogP contribution in [0.4, 0.5) is 24.9 Å². The predicted molar refractivity (Wildman–Crippen MR) is 122 cm³/mol. The van der Waals surface area contributed by atoms with E-state index in [0.29, 0.717) is 18.1 Å². The SMILES string of the molecule is CN(C)c1nc(NC2CCC(NCc3cccc(C(F)(F)F)c3)CC2)nc2ccccc12. The van der Waals surface area contributed by atoms with E-state index in [9.17, 15) is 13.2 Å². The number of aromatic nitrogens is 2. The van der Waals surface area contributed by atoms with Crippen LogP contribution in [0.25, 0.3) is 10.9 Å². The van der Waals surface area contributed by atoms with Crippen LogP contribution in [0, 0.1) is 0 Å². The first-order valence-electron chi connectivity index (χ1n) is 10.9. The number of nitrogens with zero attached hydrogens (tertiary/aromatic N) is 3. The number of rotatable bonds is 6. The lowest BCUT2D eigenvalue weighted by molar-refractivity contribution is -0.137. The van der Waals surface area contributed by atoms with Gasteiger partial charge in [-0.2, -0.15) is 18.2 Å². The van der Waals surface area contributed by atoms with Crippen LogP contribution in [-0.2, 0) is 12.7 Å². The van der Waals surface area contributed by atoms with Crippen LogP contribution in [0.1, 0.15) is 36.8 Å². The molecule has 0 aliphatic heterocycles. The van der Waals surface area contributed by atoms with E-state index < -0.39 is 11.7 Å². The Morgan fingerprint density at radius 3 is 2.38 bits per heavy atom. The van der Waals surface area contributed by atoms with Gasteiger partial charge in [0.1, 0.15) is 5.82 Å². The molecule has 0 radical (unpaired) electrons. The normalized spacial score (nSPS) is 19.2. The summed E-state index contributed by atoms with van der Waals surface area (Å²) in [4.78, 5) is 11.4. The Balaban J connectivity index is 1.33. The lowest BCUT2D eigenvalue weighted by Gasteiger charge is -2.30. The minimum absolute atomic E-state index is 0.276. The van der Waals surface area contributed by atoms with Gasteiger partial charge in [-0.1, -0.05) is 30.3 Å². The highest BCUT2D eigenvalue weighted by atomic mass is 19.4. The molecular weight excluding hydrogens is 415 g/mol. The number of alkyl halides is 3. The number of anilines is 2. The zero-order valence-electron chi connectivity index (χ0n) is 18.3. The molecule has 3 aromatic rings. The highest BCUT2D eigenvalue weighted by Gasteiger charge is 2.30. The molecule has 0 atom stereocenters. The molecule has 0 unspecified atom stereocenters. The van der Waals surface area contributed by atoms with Gasteiger partial charge in [0.15, 0.2) is 0 Å². The molecule has 1 heterocycles. The number of hydrogen-bond donors (Lipinski definition) is 2. The van der Waals surface area contributed by atoms with E-state index in [4.69, 9.17) is 4.98 Å². The quantitative estimate of drug-likeness (QED) is 0.547.